The maximum atomic E-state index is 11.8. The summed E-state index contributed by atoms with van der Waals surface area (Å²) < 4.78 is 0. The minimum Gasteiger partial charge on any atom is -0.355 e. The van der Waals surface area contributed by atoms with Crippen molar-refractivity contribution < 1.29 is 9.59 Å². The quantitative estimate of drug-likeness (QED) is 0.644. The van der Waals surface area contributed by atoms with Gasteiger partial charge in [-0.3, -0.25) is 9.59 Å². The van der Waals surface area contributed by atoms with Crippen LogP contribution in [-0.4, -0.2) is 37.5 Å². The fraction of sp³-hybridized carbons (Fsp3) is 0.846. The predicted octanol–water partition coefficient (Wildman–Crippen LogP) is 0.407. The van der Waals surface area contributed by atoms with Gasteiger partial charge in [0, 0.05) is 24.9 Å². The fourth-order valence-electron chi connectivity index (χ4n) is 1.98. The van der Waals surface area contributed by atoms with Crippen LogP contribution in [0.5, 0.6) is 0 Å². The number of amides is 2. The van der Waals surface area contributed by atoms with Gasteiger partial charge in [0.05, 0.1) is 0 Å². The van der Waals surface area contributed by atoms with E-state index >= 15 is 0 Å². The van der Waals surface area contributed by atoms with Crippen LogP contribution in [-0.2, 0) is 9.59 Å². The monoisotopic (exact) mass is 255 g/mol. The summed E-state index contributed by atoms with van der Waals surface area (Å²) in [4.78, 5) is 23.3. The first kappa shape index (κ1) is 15.0. The molecule has 1 fully saturated rings. The van der Waals surface area contributed by atoms with E-state index in [1.807, 2.05) is 13.8 Å². The van der Waals surface area contributed by atoms with E-state index in [2.05, 4.69) is 16.0 Å². The zero-order chi connectivity index (χ0) is 13.4. The summed E-state index contributed by atoms with van der Waals surface area (Å²) in [5, 5.41) is 8.96. The van der Waals surface area contributed by atoms with Crippen molar-refractivity contribution in [1.82, 2.24) is 16.0 Å². The molecule has 5 nitrogen and oxygen atoms in total. The second kappa shape index (κ2) is 8.08. The smallest absolute Gasteiger partial charge is 0.223 e. The zero-order valence-corrected chi connectivity index (χ0v) is 11.4. The molecule has 0 aromatic carbocycles. The third kappa shape index (κ3) is 5.49. The summed E-state index contributed by atoms with van der Waals surface area (Å²) in [7, 11) is 0. The lowest BCUT2D eigenvalue weighted by molar-refractivity contribution is -0.126. The second-order valence-electron chi connectivity index (χ2n) is 4.94. The summed E-state index contributed by atoms with van der Waals surface area (Å²) in [6.45, 7) is 6.26. The lowest BCUT2D eigenvalue weighted by Crippen LogP contribution is -2.40. The van der Waals surface area contributed by atoms with E-state index in [0.29, 0.717) is 13.0 Å². The van der Waals surface area contributed by atoms with Crippen molar-refractivity contribution in [2.45, 2.75) is 45.6 Å². The highest BCUT2D eigenvalue weighted by atomic mass is 16.2. The summed E-state index contributed by atoms with van der Waals surface area (Å²) in [6.07, 6.45) is 3.07. The van der Waals surface area contributed by atoms with E-state index in [-0.39, 0.29) is 23.8 Å². The van der Waals surface area contributed by atoms with Crippen molar-refractivity contribution >= 4 is 11.8 Å². The molecule has 1 atom stereocenters. The predicted molar refractivity (Wildman–Crippen MR) is 71.1 cm³/mol. The molecule has 1 aliphatic rings. The molecule has 18 heavy (non-hydrogen) atoms. The van der Waals surface area contributed by atoms with Crippen molar-refractivity contribution in [3.8, 4) is 0 Å². The highest BCUT2D eigenvalue weighted by molar-refractivity contribution is 5.80. The van der Waals surface area contributed by atoms with Crippen LogP contribution in [0.1, 0.15) is 39.5 Å². The van der Waals surface area contributed by atoms with Crippen LogP contribution in [0.2, 0.25) is 0 Å². The van der Waals surface area contributed by atoms with Gasteiger partial charge in [-0.2, -0.15) is 0 Å². The van der Waals surface area contributed by atoms with Gasteiger partial charge in [0.2, 0.25) is 11.8 Å². The number of rotatable bonds is 6. The number of hydrogen-bond acceptors (Lipinski definition) is 3. The Morgan fingerprint density at radius 1 is 1.33 bits per heavy atom. The van der Waals surface area contributed by atoms with Crippen LogP contribution < -0.4 is 16.0 Å². The first-order chi connectivity index (χ1) is 8.63. The van der Waals surface area contributed by atoms with Crippen molar-refractivity contribution in [1.29, 1.82) is 0 Å². The van der Waals surface area contributed by atoms with Crippen molar-refractivity contribution in [2.24, 2.45) is 5.92 Å². The molecule has 0 spiro atoms. The lowest BCUT2D eigenvalue weighted by Gasteiger charge is -2.21. The van der Waals surface area contributed by atoms with Gasteiger partial charge in [-0.25, -0.2) is 0 Å². The van der Waals surface area contributed by atoms with Crippen molar-refractivity contribution in [3.05, 3.63) is 0 Å². The van der Waals surface area contributed by atoms with Gasteiger partial charge in [-0.15, -0.1) is 0 Å². The van der Waals surface area contributed by atoms with Crippen LogP contribution in [0.4, 0.5) is 0 Å². The Bertz CT molecular complexity index is 275. The average molecular weight is 255 g/mol. The Labute approximate surface area is 109 Å². The first-order valence-corrected chi connectivity index (χ1v) is 6.91. The van der Waals surface area contributed by atoms with Crippen LogP contribution >= 0.6 is 0 Å². The third-order valence-electron chi connectivity index (χ3n) is 3.38. The largest absolute Gasteiger partial charge is 0.355 e. The number of nitrogens with one attached hydrogen (secondary N) is 3. The van der Waals surface area contributed by atoms with E-state index in [9.17, 15) is 9.59 Å². The Morgan fingerprint density at radius 2 is 2.00 bits per heavy atom. The first-order valence-electron chi connectivity index (χ1n) is 6.91. The summed E-state index contributed by atoms with van der Waals surface area (Å²) in [5.41, 5.74) is 0. The molecule has 0 aliphatic carbocycles. The molecule has 0 radical (unpaired) electrons. The van der Waals surface area contributed by atoms with Gasteiger partial charge >= 0.3 is 0 Å². The van der Waals surface area contributed by atoms with E-state index in [0.717, 1.165) is 32.4 Å². The molecule has 5 heteroatoms. The Hall–Kier alpha value is -1.10. The minimum atomic E-state index is 0.00922. The molecule has 0 aromatic heterocycles. The fourth-order valence-corrected chi connectivity index (χ4v) is 1.98. The third-order valence-corrected chi connectivity index (χ3v) is 3.38. The highest BCUT2D eigenvalue weighted by Crippen LogP contribution is 2.11. The van der Waals surface area contributed by atoms with Gasteiger partial charge in [-0.1, -0.05) is 6.92 Å². The molecule has 1 unspecified atom stereocenters. The number of carbonyl (C=O) groups is 2. The second-order valence-corrected chi connectivity index (χ2v) is 4.94. The van der Waals surface area contributed by atoms with Crippen LogP contribution in [0, 0.1) is 5.92 Å². The minimum absolute atomic E-state index is 0.00922. The van der Waals surface area contributed by atoms with Crippen molar-refractivity contribution in [2.75, 3.05) is 19.6 Å². The summed E-state index contributed by atoms with van der Waals surface area (Å²) >= 11 is 0. The van der Waals surface area contributed by atoms with E-state index < -0.39 is 0 Å². The maximum absolute atomic E-state index is 11.8. The highest BCUT2D eigenvalue weighted by Gasteiger charge is 2.20. The number of piperidine rings is 1. The molecule has 1 saturated heterocycles. The van der Waals surface area contributed by atoms with E-state index in [4.69, 9.17) is 0 Å². The molecule has 104 valence electrons. The molecule has 1 aliphatic heterocycles. The maximum Gasteiger partial charge on any atom is 0.223 e. The molecular weight excluding hydrogens is 230 g/mol. The zero-order valence-electron chi connectivity index (χ0n) is 11.4. The molecule has 0 saturated carbocycles. The van der Waals surface area contributed by atoms with E-state index in [1.54, 1.807) is 0 Å². The Kier molecular flexibility index (Phi) is 6.72. The lowest BCUT2D eigenvalue weighted by atomic mass is 9.97. The van der Waals surface area contributed by atoms with Gasteiger partial charge < -0.3 is 16.0 Å². The SMILES string of the molecule is CCC(C)NC(=O)CCNC(=O)C1CCNCC1. The standard InChI is InChI=1S/C13H25N3O2/c1-3-10(2)16-12(17)6-9-15-13(18)11-4-7-14-8-5-11/h10-11,14H,3-9H2,1-2H3,(H,15,18)(H,16,17). The van der Waals surface area contributed by atoms with Gasteiger partial charge in [0.15, 0.2) is 0 Å². The van der Waals surface area contributed by atoms with Crippen molar-refractivity contribution in [3.63, 3.8) is 0 Å². The molecule has 1 rings (SSSR count). The van der Waals surface area contributed by atoms with E-state index in [1.165, 1.54) is 0 Å². The molecule has 3 N–H and O–H groups in total. The average Bonchev–Trinajstić information content (AvgIpc) is 2.39. The molecule has 0 bridgehead atoms. The molecule has 0 aromatic rings. The Morgan fingerprint density at radius 3 is 2.61 bits per heavy atom. The number of hydrogen-bond donors (Lipinski definition) is 3. The molecule has 2 amide bonds. The van der Waals surface area contributed by atoms with Gasteiger partial charge in [-0.05, 0) is 39.3 Å². The molecule has 1 heterocycles. The van der Waals surface area contributed by atoms with Gasteiger partial charge in [0.1, 0.15) is 0 Å². The van der Waals surface area contributed by atoms with Crippen LogP contribution in [0.25, 0.3) is 0 Å². The van der Waals surface area contributed by atoms with Crippen LogP contribution in [0.15, 0.2) is 0 Å². The summed E-state index contributed by atoms with van der Waals surface area (Å²) in [6, 6.07) is 0.206. The Balaban J connectivity index is 2.12. The molecular formula is C13H25N3O2. The topological polar surface area (TPSA) is 70.2 Å². The normalized spacial score (nSPS) is 18.1. The number of carbonyl (C=O) groups excluding carboxylic acids is 2. The summed E-state index contributed by atoms with van der Waals surface area (Å²) in [5.74, 6) is 0.215. The van der Waals surface area contributed by atoms with Gasteiger partial charge in [0.25, 0.3) is 0 Å². The van der Waals surface area contributed by atoms with Crippen LogP contribution in [0.3, 0.4) is 0 Å².